The van der Waals surface area contributed by atoms with E-state index in [1.54, 1.807) is 0 Å². The summed E-state index contributed by atoms with van der Waals surface area (Å²) in [6, 6.07) is 0. The van der Waals surface area contributed by atoms with Crippen LogP contribution in [0.25, 0.3) is 0 Å². The maximum Gasteiger partial charge on any atom is 0.351 e. The summed E-state index contributed by atoms with van der Waals surface area (Å²) in [5, 5.41) is 20.2. The van der Waals surface area contributed by atoms with Crippen LogP contribution >= 0.6 is 0 Å². The Morgan fingerprint density at radius 2 is 2.30 bits per heavy atom. The van der Waals surface area contributed by atoms with Gasteiger partial charge in [0.05, 0.1) is 12.8 Å². The summed E-state index contributed by atoms with van der Waals surface area (Å²) >= 11 is 0. The van der Waals surface area contributed by atoms with Crippen molar-refractivity contribution in [1.29, 1.82) is 0 Å². The van der Waals surface area contributed by atoms with Gasteiger partial charge >= 0.3 is 5.69 Å². The van der Waals surface area contributed by atoms with Crippen molar-refractivity contribution in [2.24, 2.45) is 5.41 Å². The summed E-state index contributed by atoms with van der Waals surface area (Å²) in [7, 11) is 0. The van der Waals surface area contributed by atoms with Crippen LogP contribution in [0.4, 0.5) is 10.2 Å². The lowest BCUT2D eigenvalue weighted by Gasteiger charge is -2.20. The van der Waals surface area contributed by atoms with E-state index < -0.39 is 34.8 Å². The number of nitrogen functional groups attached to an aromatic ring is 1. The summed E-state index contributed by atoms with van der Waals surface area (Å²) in [5.74, 6) is -1.29. The Labute approximate surface area is 112 Å². The SMILES string of the molecule is Nc1nc(=O)n([C@H]2C[C@@]3(O)C4(CC4)[C@]3(CO)O2)cc1F. The average Bonchev–Trinajstić information content (AvgIpc) is 3.23. The van der Waals surface area contributed by atoms with Gasteiger partial charge in [-0.1, -0.05) is 0 Å². The second kappa shape index (κ2) is 3.21. The zero-order valence-corrected chi connectivity index (χ0v) is 10.5. The van der Waals surface area contributed by atoms with E-state index >= 15 is 0 Å². The van der Waals surface area contributed by atoms with Gasteiger partial charge in [-0.2, -0.15) is 4.98 Å². The highest BCUT2D eigenvalue weighted by molar-refractivity contribution is 5.44. The fourth-order valence-corrected chi connectivity index (χ4v) is 3.97. The molecule has 20 heavy (non-hydrogen) atoms. The topological polar surface area (TPSA) is 111 Å². The molecule has 2 saturated carbocycles. The number of anilines is 1. The summed E-state index contributed by atoms with van der Waals surface area (Å²) < 4.78 is 20.1. The van der Waals surface area contributed by atoms with Crippen molar-refractivity contribution in [3.05, 3.63) is 22.5 Å². The zero-order chi connectivity index (χ0) is 14.3. The number of rotatable bonds is 2. The molecule has 2 heterocycles. The Balaban J connectivity index is 1.71. The van der Waals surface area contributed by atoms with Crippen molar-refractivity contribution in [1.82, 2.24) is 9.55 Å². The molecule has 0 unspecified atom stereocenters. The number of aliphatic hydroxyl groups is 2. The minimum Gasteiger partial charge on any atom is -0.393 e. The predicted molar refractivity (Wildman–Crippen MR) is 64.0 cm³/mol. The van der Waals surface area contributed by atoms with Gasteiger partial charge in [0.2, 0.25) is 0 Å². The molecule has 3 aliphatic rings. The number of hydrogen-bond acceptors (Lipinski definition) is 6. The molecular formula is C12H14FN3O4. The van der Waals surface area contributed by atoms with Crippen molar-refractivity contribution in [3.63, 3.8) is 0 Å². The van der Waals surface area contributed by atoms with Crippen LogP contribution in [0.5, 0.6) is 0 Å². The van der Waals surface area contributed by atoms with Gasteiger partial charge in [0, 0.05) is 11.8 Å². The van der Waals surface area contributed by atoms with Gasteiger partial charge in [0.15, 0.2) is 11.6 Å². The number of aliphatic hydroxyl groups excluding tert-OH is 1. The number of hydrogen-bond donors (Lipinski definition) is 3. The van der Waals surface area contributed by atoms with E-state index in [2.05, 4.69) is 4.98 Å². The number of ether oxygens (including phenoxy) is 1. The van der Waals surface area contributed by atoms with E-state index in [9.17, 15) is 19.4 Å². The molecule has 1 aromatic rings. The normalized spacial score (nSPS) is 39.9. The van der Waals surface area contributed by atoms with Crippen LogP contribution in [-0.2, 0) is 4.74 Å². The number of nitrogens with two attached hydrogens (primary N) is 1. The van der Waals surface area contributed by atoms with Gasteiger partial charge in [0.25, 0.3) is 0 Å². The minimum absolute atomic E-state index is 0.137. The van der Waals surface area contributed by atoms with Crippen LogP contribution in [0.2, 0.25) is 0 Å². The molecule has 1 saturated heterocycles. The van der Waals surface area contributed by atoms with Crippen LogP contribution < -0.4 is 11.4 Å². The van der Waals surface area contributed by atoms with Crippen LogP contribution in [0.3, 0.4) is 0 Å². The lowest BCUT2D eigenvalue weighted by molar-refractivity contribution is -0.0799. The van der Waals surface area contributed by atoms with E-state index in [4.69, 9.17) is 10.5 Å². The fraction of sp³-hybridized carbons (Fsp3) is 0.667. The standard InChI is InChI=1S/C12H14FN3O4/c13-6-4-16(9(18)15-8(6)14)7-3-11(19)10(1-2-10)12(11,5-17)20-7/h4,7,17,19H,1-3,5H2,(H2,14,15,18)/t7-,11-,12+/m1/s1. The maximum absolute atomic E-state index is 13.4. The van der Waals surface area contributed by atoms with Crippen molar-refractivity contribution < 1.29 is 19.3 Å². The van der Waals surface area contributed by atoms with E-state index in [0.717, 1.165) is 23.6 Å². The van der Waals surface area contributed by atoms with Gasteiger partial charge in [-0.3, -0.25) is 4.57 Å². The first-order valence-corrected chi connectivity index (χ1v) is 6.46. The second-order valence-electron chi connectivity index (χ2n) is 5.87. The van der Waals surface area contributed by atoms with Gasteiger partial charge in [-0.05, 0) is 12.8 Å². The molecule has 3 atom stereocenters. The molecule has 0 radical (unpaired) electrons. The quantitative estimate of drug-likeness (QED) is 0.651. The lowest BCUT2D eigenvalue weighted by atomic mass is 10.1. The smallest absolute Gasteiger partial charge is 0.351 e. The zero-order valence-electron chi connectivity index (χ0n) is 10.5. The fourth-order valence-electron chi connectivity index (χ4n) is 3.97. The van der Waals surface area contributed by atoms with Crippen LogP contribution in [0.1, 0.15) is 25.5 Å². The first kappa shape index (κ1) is 12.2. The van der Waals surface area contributed by atoms with Crippen molar-refractivity contribution in [2.75, 3.05) is 12.3 Å². The van der Waals surface area contributed by atoms with Gasteiger partial charge in [-0.25, -0.2) is 9.18 Å². The van der Waals surface area contributed by atoms with E-state index in [1.807, 2.05) is 0 Å². The maximum atomic E-state index is 13.4. The molecule has 0 aromatic carbocycles. The lowest BCUT2D eigenvalue weighted by Crippen LogP contribution is -2.32. The minimum atomic E-state index is -1.14. The Bertz CT molecular complexity index is 673. The summed E-state index contributed by atoms with van der Waals surface area (Å²) in [4.78, 5) is 15.1. The summed E-state index contributed by atoms with van der Waals surface area (Å²) in [5.41, 5.74) is 1.94. The van der Waals surface area contributed by atoms with Crippen LogP contribution in [0.15, 0.2) is 11.0 Å². The first-order chi connectivity index (χ1) is 9.41. The molecular weight excluding hydrogens is 269 g/mol. The third kappa shape index (κ3) is 1.05. The molecule has 1 spiro atoms. The van der Waals surface area contributed by atoms with Gasteiger partial charge < -0.3 is 20.7 Å². The highest BCUT2D eigenvalue weighted by Crippen LogP contribution is 2.85. The van der Waals surface area contributed by atoms with Crippen LogP contribution in [0, 0.1) is 11.2 Å². The molecule has 4 N–H and O–H groups in total. The highest BCUT2D eigenvalue weighted by atomic mass is 19.1. The molecule has 2 aliphatic carbocycles. The first-order valence-electron chi connectivity index (χ1n) is 6.46. The molecule has 4 rings (SSSR count). The highest BCUT2D eigenvalue weighted by Gasteiger charge is 2.96. The average molecular weight is 283 g/mol. The number of fused-ring (bicyclic) bond motifs is 3. The van der Waals surface area contributed by atoms with Crippen molar-refractivity contribution in [3.8, 4) is 0 Å². The summed E-state index contributed by atoms with van der Waals surface area (Å²) in [6.45, 7) is -0.320. The molecule has 0 amide bonds. The predicted octanol–water partition coefficient (Wildman–Crippen LogP) is -0.861. The van der Waals surface area contributed by atoms with E-state index in [0.29, 0.717) is 0 Å². The molecule has 7 nitrogen and oxygen atoms in total. The van der Waals surface area contributed by atoms with Crippen LogP contribution in [-0.4, -0.2) is 37.6 Å². The largest absolute Gasteiger partial charge is 0.393 e. The molecule has 8 heteroatoms. The third-order valence-corrected chi connectivity index (χ3v) is 5.19. The molecule has 0 bridgehead atoms. The number of halogens is 1. The molecule has 3 fully saturated rings. The molecule has 1 aliphatic heterocycles. The van der Waals surface area contributed by atoms with E-state index in [-0.39, 0.29) is 18.4 Å². The Morgan fingerprint density at radius 3 is 2.85 bits per heavy atom. The Morgan fingerprint density at radius 1 is 1.60 bits per heavy atom. The van der Waals surface area contributed by atoms with Crippen molar-refractivity contribution >= 4 is 5.82 Å². The monoisotopic (exact) mass is 283 g/mol. The molecule has 108 valence electrons. The molecule has 1 aromatic heterocycles. The Kier molecular flexibility index (Phi) is 1.97. The van der Waals surface area contributed by atoms with E-state index in [1.165, 1.54) is 0 Å². The number of aromatic nitrogens is 2. The van der Waals surface area contributed by atoms with Crippen molar-refractivity contribution in [2.45, 2.75) is 36.7 Å². The third-order valence-electron chi connectivity index (χ3n) is 5.19. The number of nitrogens with zero attached hydrogens (tertiary/aromatic N) is 2. The second-order valence-corrected chi connectivity index (χ2v) is 5.87. The Hall–Kier alpha value is -1.51. The van der Waals surface area contributed by atoms with Gasteiger partial charge in [0.1, 0.15) is 17.4 Å². The van der Waals surface area contributed by atoms with Gasteiger partial charge in [-0.15, -0.1) is 0 Å². The summed E-state index contributed by atoms with van der Waals surface area (Å²) in [6.07, 6.45) is 1.81.